The number of ether oxygens (including phenoxy) is 1. The zero-order valence-electron chi connectivity index (χ0n) is 11.3. The van der Waals surface area contributed by atoms with Crippen molar-refractivity contribution in [3.8, 4) is 0 Å². The molecular formula is C12H17FN2O4S. The highest BCUT2D eigenvalue weighted by Gasteiger charge is 2.25. The number of benzene rings is 1. The first-order valence-electron chi connectivity index (χ1n) is 6.01. The zero-order chi connectivity index (χ0) is 15.2. The van der Waals surface area contributed by atoms with E-state index in [9.17, 15) is 17.6 Å². The van der Waals surface area contributed by atoms with E-state index < -0.39 is 32.3 Å². The molecule has 1 aromatic rings. The van der Waals surface area contributed by atoms with E-state index in [0.717, 1.165) is 19.2 Å². The van der Waals surface area contributed by atoms with Crippen LogP contribution in [0.25, 0.3) is 0 Å². The van der Waals surface area contributed by atoms with Gasteiger partial charge in [0, 0.05) is 13.1 Å². The number of carbonyl (C=O) groups is 1. The van der Waals surface area contributed by atoms with Gasteiger partial charge in [-0.1, -0.05) is 13.0 Å². The Morgan fingerprint density at radius 2 is 2.05 bits per heavy atom. The lowest BCUT2D eigenvalue weighted by Crippen LogP contribution is -2.32. The van der Waals surface area contributed by atoms with Crippen molar-refractivity contribution in [3.05, 3.63) is 29.6 Å². The Labute approximate surface area is 117 Å². The summed E-state index contributed by atoms with van der Waals surface area (Å²) in [6.07, 6.45) is 0. The maximum absolute atomic E-state index is 13.7. The van der Waals surface area contributed by atoms with Gasteiger partial charge < -0.3 is 10.1 Å². The topological polar surface area (TPSA) is 84.5 Å². The average molecular weight is 304 g/mol. The summed E-state index contributed by atoms with van der Waals surface area (Å²) in [7, 11) is -2.92. The largest absolute Gasteiger partial charge is 0.465 e. The summed E-state index contributed by atoms with van der Waals surface area (Å²) in [5.41, 5.74) is -0.592. The van der Waals surface area contributed by atoms with E-state index in [4.69, 9.17) is 0 Å². The predicted octanol–water partition coefficient (Wildman–Crippen LogP) is 0.500. The molecule has 1 rings (SSSR count). The third kappa shape index (κ3) is 3.99. The van der Waals surface area contributed by atoms with Gasteiger partial charge in [-0.2, -0.15) is 0 Å². The number of hydrogen-bond donors (Lipinski definition) is 2. The zero-order valence-corrected chi connectivity index (χ0v) is 12.1. The minimum Gasteiger partial charge on any atom is -0.465 e. The number of nitrogens with one attached hydrogen (secondary N) is 2. The molecule has 20 heavy (non-hydrogen) atoms. The van der Waals surface area contributed by atoms with Gasteiger partial charge in [0.2, 0.25) is 10.0 Å². The Bertz CT molecular complexity index is 575. The normalized spacial score (nSPS) is 11.3. The maximum atomic E-state index is 13.7. The van der Waals surface area contributed by atoms with Crippen molar-refractivity contribution in [2.75, 3.05) is 26.7 Å². The van der Waals surface area contributed by atoms with Crippen LogP contribution in [0.5, 0.6) is 0 Å². The summed E-state index contributed by atoms with van der Waals surface area (Å²) < 4.78 is 44.5. The summed E-state index contributed by atoms with van der Waals surface area (Å²) >= 11 is 0. The van der Waals surface area contributed by atoms with Gasteiger partial charge in [-0.05, 0) is 18.7 Å². The predicted molar refractivity (Wildman–Crippen MR) is 71.5 cm³/mol. The summed E-state index contributed by atoms with van der Waals surface area (Å²) in [5.74, 6) is -1.97. The fraction of sp³-hybridized carbons (Fsp3) is 0.417. The molecule has 0 aliphatic heterocycles. The molecule has 8 heteroatoms. The molecule has 6 nitrogen and oxygen atoms in total. The standard InChI is InChI=1S/C12H17FN2O4S/c1-3-14-7-8-15-20(17,18)10-6-4-5-9(13)11(10)12(16)19-2/h4-6,14-15H,3,7-8H2,1-2H3. The first-order chi connectivity index (χ1) is 9.44. The minimum absolute atomic E-state index is 0.132. The van der Waals surface area contributed by atoms with E-state index >= 15 is 0 Å². The lowest BCUT2D eigenvalue weighted by molar-refractivity contribution is 0.0590. The summed E-state index contributed by atoms with van der Waals surface area (Å²) in [4.78, 5) is 11.1. The molecule has 0 unspecified atom stereocenters. The monoisotopic (exact) mass is 304 g/mol. The Kier molecular flexibility index (Phi) is 6.05. The highest BCUT2D eigenvalue weighted by molar-refractivity contribution is 7.89. The number of methoxy groups -OCH3 is 1. The van der Waals surface area contributed by atoms with Crippen LogP contribution in [0, 0.1) is 5.82 Å². The number of sulfonamides is 1. The molecule has 0 saturated carbocycles. The van der Waals surface area contributed by atoms with Crippen LogP contribution in [-0.4, -0.2) is 41.1 Å². The van der Waals surface area contributed by atoms with Gasteiger partial charge in [-0.3, -0.25) is 0 Å². The molecule has 0 aromatic heterocycles. The molecule has 0 bridgehead atoms. The number of esters is 1. The number of likely N-dealkylation sites (N-methyl/N-ethyl adjacent to an activating group) is 1. The van der Waals surface area contributed by atoms with Crippen molar-refractivity contribution >= 4 is 16.0 Å². The third-order valence-corrected chi connectivity index (χ3v) is 4.00. The van der Waals surface area contributed by atoms with Crippen LogP contribution >= 0.6 is 0 Å². The van der Waals surface area contributed by atoms with Crippen LogP contribution in [0.1, 0.15) is 17.3 Å². The van der Waals surface area contributed by atoms with E-state index in [1.54, 1.807) is 0 Å². The molecule has 112 valence electrons. The lowest BCUT2D eigenvalue weighted by atomic mass is 10.2. The van der Waals surface area contributed by atoms with Gasteiger partial charge in [0.25, 0.3) is 0 Å². The highest BCUT2D eigenvalue weighted by Crippen LogP contribution is 2.19. The minimum atomic E-state index is -3.98. The van der Waals surface area contributed by atoms with E-state index in [1.165, 1.54) is 6.07 Å². The number of hydrogen-bond acceptors (Lipinski definition) is 5. The van der Waals surface area contributed by atoms with Gasteiger partial charge in [-0.25, -0.2) is 22.3 Å². The van der Waals surface area contributed by atoms with Crippen LogP contribution in [-0.2, 0) is 14.8 Å². The molecule has 0 spiro atoms. The first-order valence-corrected chi connectivity index (χ1v) is 7.49. The van der Waals surface area contributed by atoms with Crippen molar-refractivity contribution in [3.63, 3.8) is 0 Å². The van der Waals surface area contributed by atoms with Gasteiger partial charge in [0.1, 0.15) is 11.4 Å². The molecule has 0 aliphatic rings. The van der Waals surface area contributed by atoms with Gasteiger partial charge in [0.15, 0.2) is 0 Å². The van der Waals surface area contributed by atoms with Gasteiger partial charge >= 0.3 is 5.97 Å². The van der Waals surface area contributed by atoms with Crippen LogP contribution in [0.2, 0.25) is 0 Å². The second kappa shape index (κ2) is 7.32. The van der Waals surface area contributed by atoms with Crippen LogP contribution < -0.4 is 10.0 Å². The molecule has 0 saturated heterocycles. The Hall–Kier alpha value is -1.51. The van der Waals surface area contributed by atoms with Crippen molar-refractivity contribution in [1.29, 1.82) is 0 Å². The van der Waals surface area contributed by atoms with E-state index in [-0.39, 0.29) is 6.54 Å². The SMILES string of the molecule is CCNCCNS(=O)(=O)c1cccc(F)c1C(=O)OC. The quantitative estimate of drug-likeness (QED) is 0.566. The molecule has 0 heterocycles. The van der Waals surface area contributed by atoms with Crippen LogP contribution in [0.3, 0.4) is 0 Å². The fourth-order valence-electron chi connectivity index (χ4n) is 1.56. The molecule has 0 fully saturated rings. The molecule has 0 aliphatic carbocycles. The van der Waals surface area contributed by atoms with Crippen molar-refractivity contribution < 1.29 is 22.3 Å². The third-order valence-electron chi connectivity index (χ3n) is 2.50. The first kappa shape index (κ1) is 16.5. The second-order valence-corrected chi connectivity index (χ2v) is 5.59. The number of halogens is 1. The Morgan fingerprint density at radius 1 is 1.35 bits per heavy atom. The van der Waals surface area contributed by atoms with Crippen LogP contribution in [0.4, 0.5) is 4.39 Å². The molecule has 0 amide bonds. The van der Waals surface area contributed by atoms with E-state index in [2.05, 4.69) is 14.8 Å². The number of rotatable bonds is 7. The van der Waals surface area contributed by atoms with Crippen LogP contribution in [0.15, 0.2) is 23.1 Å². The molecule has 0 atom stereocenters. The van der Waals surface area contributed by atoms with Gasteiger partial charge in [-0.15, -0.1) is 0 Å². The smallest absolute Gasteiger partial charge is 0.342 e. The Morgan fingerprint density at radius 3 is 2.65 bits per heavy atom. The van der Waals surface area contributed by atoms with Crippen molar-refractivity contribution in [1.82, 2.24) is 10.0 Å². The lowest BCUT2D eigenvalue weighted by Gasteiger charge is -2.11. The number of carbonyl (C=O) groups excluding carboxylic acids is 1. The van der Waals surface area contributed by atoms with E-state index in [1.807, 2.05) is 6.92 Å². The highest BCUT2D eigenvalue weighted by atomic mass is 32.2. The molecular weight excluding hydrogens is 287 g/mol. The maximum Gasteiger partial charge on any atom is 0.342 e. The van der Waals surface area contributed by atoms with E-state index in [0.29, 0.717) is 13.1 Å². The fourth-order valence-corrected chi connectivity index (χ4v) is 2.79. The molecule has 0 radical (unpaired) electrons. The van der Waals surface area contributed by atoms with Gasteiger partial charge in [0.05, 0.1) is 12.0 Å². The summed E-state index contributed by atoms with van der Waals surface area (Å²) in [6.45, 7) is 3.15. The summed E-state index contributed by atoms with van der Waals surface area (Å²) in [5, 5.41) is 2.94. The Balaban J connectivity index is 3.06. The van der Waals surface area contributed by atoms with Crippen molar-refractivity contribution in [2.45, 2.75) is 11.8 Å². The van der Waals surface area contributed by atoms with Crippen molar-refractivity contribution in [2.24, 2.45) is 0 Å². The second-order valence-electron chi connectivity index (χ2n) is 3.86. The average Bonchev–Trinajstić information content (AvgIpc) is 2.42. The molecule has 2 N–H and O–H groups in total. The summed E-state index contributed by atoms with van der Waals surface area (Å²) in [6, 6.07) is 3.38. The molecule has 1 aromatic carbocycles.